The van der Waals surface area contributed by atoms with Crippen LogP contribution in [0.4, 0.5) is 0 Å². The number of halogens is 1. The summed E-state index contributed by atoms with van der Waals surface area (Å²) in [6, 6.07) is 2.13. The summed E-state index contributed by atoms with van der Waals surface area (Å²) < 4.78 is 1.88. The summed E-state index contributed by atoms with van der Waals surface area (Å²) in [7, 11) is 0. The van der Waals surface area contributed by atoms with E-state index in [2.05, 4.69) is 34.6 Å². The molecule has 2 aromatic rings. The number of fused-ring (bicyclic) bond motifs is 1. The maximum atomic E-state index is 4.21. The molecule has 0 bridgehead atoms. The number of nitrogens with zero attached hydrogens (tertiary/aromatic N) is 3. The average molecular weight is 253 g/mol. The molecule has 3 heterocycles. The number of rotatable bonds is 1. The Bertz CT molecular complexity index is 502. The zero-order valence-corrected chi connectivity index (χ0v) is 10.7. The number of hydrogen-bond donors (Lipinski definition) is 1. The number of pyridine rings is 1. The third-order valence-corrected chi connectivity index (χ3v) is 3.44. The molecule has 0 aromatic carbocycles. The minimum absolute atomic E-state index is 0. The molecule has 1 N–H and O–H groups in total. The normalized spacial score (nSPS) is 17.0. The lowest BCUT2D eigenvalue weighted by molar-refractivity contribution is 0.457. The Kier molecular flexibility index (Phi) is 3.64. The Labute approximate surface area is 107 Å². The van der Waals surface area contributed by atoms with Gasteiger partial charge >= 0.3 is 0 Å². The summed E-state index contributed by atoms with van der Waals surface area (Å²) in [5.74, 6) is 0.676. The van der Waals surface area contributed by atoms with Gasteiger partial charge in [-0.1, -0.05) is 0 Å². The van der Waals surface area contributed by atoms with Crippen LogP contribution >= 0.6 is 12.4 Å². The Balaban J connectivity index is 0.00000108. The van der Waals surface area contributed by atoms with Crippen LogP contribution < -0.4 is 5.32 Å². The molecule has 17 heavy (non-hydrogen) atoms. The summed E-state index contributed by atoms with van der Waals surface area (Å²) in [4.78, 5) is 4.21. The first-order valence-electron chi connectivity index (χ1n) is 5.85. The van der Waals surface area contributed by atoms with Gasteiger partial charge in [-0.15, -0.1) is 12.4 Å². The second kappa shape index (κ2) is 5.02. The van der Waals surface area contributed by atoms with Crippen molar-refractivity contribution < 1.29 is 0 Å². The Hall–Kier alpha value is -1.13. The molecule has 1 aliphatic rings. The Morgan fingerprint density at radius 3 is 2.88 bits per heavy atom. The SMILES string of the molecule is Cc1cc2ncnn2cc1C1CCNCC1.Cl. The van der Waals surface area contributed by atoms with Crippen molar-refractivity contribution in [1.29, 1.82) is 0 Å². The minimum atomic E-state index is 0. The summed E-state index contributed by atoms with van der Waals surface area (Å²) in [6.07, 6.45) is 6.21. The lowest BCUT2D eigenvalue weighted by Gasteiger charge is -2.24. The Morgan fingerprint density at radius 2 is 2.12 bits per heavy atom. The first-order valence-corrected chi connectivity index (χ1v) is 5.85. The van der Waals surface area contributed by atoms with E-state index in [1.807, 2.05) is 4.52 Å². The second-order valence-electron chi connectivity index (χ2n) is 4.50. The first kappa shape index (κ1) is 12.3. The van der Waals surface area contributed by atoms with Crippen molar-refractivity contribution in [3.05, 3.63) is 29.7 Å². The fourth-order valence-electron chi connectivity index (χ4n) is 2.53. The monoisotopic (exact) mass is 252 g/mol. The highest BCUT2D eigenvalue weighted by molar-refractivity contribution is 5.85. The van der Waals surface area contributed by atoms with E-state index >= 15 is 0 Å². The zero-order chi connectivity index (χ0) is 11.0. The van der Waals surface area contributed by atoms with Crippen LogP contribution in [0.3, 0.4) is 0 Å². The van der Waals surface area contributed by atoms with Gasteiger partial charge in [-0.2, -0.15) is 5.10 Å². The molecule has 92 valence electrons. The number of aromatic nitrogens is 3. The van der Waals surface area contributed by atoms with E-state index in [0.717, 1.165) is 18.7 Å². The predicted octanol–water partition coefficient (Wildman–Crippen LogP) is 1.93. The van der Waals surface area contributed by atoms with Gasteiger partial charge in [0.2, 0.25) is 0 Å². The fraction of sp³-hybridized carbons (Fsp3) is 0.500. The van der Waals surface area contributed by atoms with E-state index in [0.29, 0.717) is 5.92 Å². The highest BCUT2D eigenvalue weighted by Crippen LogP contribution is 2.27. The minimum Gasteiger partial charge on any atom is -0.317 e. The summed E-state index contributed by atoms with van der Waals surface area (Å²) in [6.45, 7) is 4.42. The van der Waals surface area contributed by atoms with Crippen LogP contribution in [0.1, 0.15) is 29.9 Å². The van der Waals surface area contributed by atoms with Crippen molar-refractivity contribution in [2.24, 2.45) is 0 Å². The van der Waals surface area contributed by atoms with Crippen molar-refractivity contribution >= 4 is 18.1 Å². The molecule has 0 radical (unpaired) electrons. The molecule has 0 amide bonds. The van der Waals surface area contributed by atoms with Crippen molar-refractivity contribution in [2.75, 3.05) is 13.1 Å². The second-order valence-corrected chi connectivity index (χ2v) is 4.50. The molecule has 1 fully saturated rings. The van der Waals surface area contributed by atoms with Gasteiger partial charge in [0.1, 0.15) is 6.33 Å². The van der Waals surface area contributed by atoms with Crippen molar-refractivity contribution in [3.63, 3.8) is 0 Å². The van der Waals surface area contributed by atoms with E-state index in [1.54, 1.807) is 6.33 Å². The van der Waals surface area contributed by atoms with Crippen molar-refractivity contribution in [1.82, 2.24) is 19.9 Å². The molecule has 5 heteroatoms. The summed E-state index contributed by atoms with van der Waals surface area (Å²) in [5, 5.41) is 7.61. The van der Waals surface area contributed by atoms with Crippen LogP contribution in [0.2, 0.25) is 0 Å². The Morgan fingerprint density at radius 1 is 1.35 bits per heavy atom. The van der Waals surface area contributed by atoms with Gasteiger partial charge in [0, 0.05) is 6.20 Å². The third-order valence-electron chi connectivity index (χ3n) is 3.44. The molecule has 0 atom stereocenters. The molecule has 0 aliphatic carbocycles. The molecule has 1 saturated heterocycles. The molecular formula is C12H17ClN4. The van der Waals surface area contributed by atoms with Gasteiger partial charge in [-0.3, -0.25) is 0 Å². The van der Waals surface area contributed by atoms with Crippen LogP contribution in [0.15, 0.2) is 18.6 Å². The molecular weight excluding hydrogens is 236 g/mol. The van der Waals surface area contributed by atoms with Gasteiger partial charge in [-0.25, -0.2) is 9.50 Å². The van der Waals surface area contributed by atoms with Crippen molar-refractivity contribution in [2.45, 2.75) is 25.7 Å². The van der Waals surface area contributed by atoms with Crippen LogP contribution in [-0.4, -0.2) is 27.7 Å². The molecule has 0 spiro atoms. The smallest absolute Gasteiger partial charge is 0.155 e. The first-order chi connectivity index (χ1) is 7.84. The number of hydrogen-bond acceptors (Lipinski definition) is 3. The van der Waals surface area contributed by atoms with Gasteiger partial charge in [0.25, 0.3) is 0 Å². The standard InChI is InChI=1S/C12H16N4.ClH/c1-9-6-12-14-8-15-16(12)7-11(9)10-2-4-13-5-3-10;/h6-8,10,13H,2-5H2,1H3;1H. The number of aryl methyl sites for hydroxylation is 1. The summed E-state index contributed by atoms with van der Waals surface area (Å²) >= 11 is 0. The number of piperidine rings is 1. The number of nitrogens with one attached hydrogen (secondary N) is 1. The quantitative estimate of drug-likeness (QED) is 0.843. The van der Waals surface area contributed by atoms with E-state index in [4.69, 9.17) is 0 Å². The van der Waals surface area contributed by atoms with Crippen LogP contribution in [0, 0.1) is 6.92 Å². The van der Waals surface area contributed by atoms with Crippen LogP contribution in [0.25, 0.3) is 5.65 Å². The fourth-order valence-corrected chi connectivity index (χ4v) is 2.53. The average Bonchev–Trinajstić information content (AvgIpc) is 2.76. The van der Waals surface area contributed by atoms with E-state index < -0.39 is 0 Å². The lowest BCUT2D eigenvalue weighted by atomic mass is 9.89. The van der Waals surface area contributed by atoms with Gasteiger partial charge < -0.3 is 5.32 Å². The summed E-state index contributed by atoms with van der Waals surface area (Å²) in [5.41, 5.74) is 3.71. The van der Waals surface area contributed by atoms with E-state index in [9.17, 15) is 0 Å². The topological polar surface area (TPSA) is 42.2 Å². The van der Waals surface area contributed by atoms with Crippen LogP contribution in [-0.2, 0) is 0 Å². The molecule has 3 rings (SSSR count). The molecule has 2 aromatic heterocycles. The molecule has 4 nitrogen and oxygen atoms in total. The van der Waals surface area contributed by atoms with Crippen molar-refractivity contribution in [3.8, 4) is 0 Å². The maximum Gasteiger partial charge on any atom is 0.155 e. The highest BCUT2D eigenvalue weighted by atomic mass is 35.5. The van der Waals surface area contributed by atoms with Gasteiger partial charge in [-0.05, 0) is 56.0 Å². The van der Waals surface area contributed by atoms with Gasteiger partial charge in [0.05, 0.1) is 0 Å². The highest BCUT2D eigenvalue weighted by Gasteiger charge is 2.17. The van der Waals surface area contributed by atoms with Crippen LogP contribution in [0.5, 0.6) is 0 Å². The molecule has 1 aliphatic heterocycles. The van der Waals surface area contributed by atoms with E-state index in [-0.39, 0.29) is 12.4 Å². The van der Waals surface area contributed by atoms with Gasteiger partial charge in [0.15, 0.2) is 5.65 Å². The molecule has 0 saturated carbocycles. The zero-order valence-electron chi connectivity index (χ0n) is 9.89. The van der Waals surface area contributed by atoms with E-state index in [1.165, 1.54) is 24.0 Å². The largest absolute Gasteiger partial charge is 0.317 e. The molecule has 0 unspecified atom stereocenters. The third kappa shape index (κ3) is 2.28. The lowest BCUT2D eigenvalue weighted by Crippen LogP contribution is -2.27. The predicted molar refractivity (Wildman–Crippen MR) is 69.8 cm³/mol. The maximum absolute atomic E-state index is 4.21.